The number of imidazole rings is 1. The number of hydrogen-bond acceptors (Lipinski definition) is 9. The van der Waals surface area contributed by atoms with Gasteiger partial charge in [-0.15, -0.1) is 0 Å². The van der Waals surface area contributed by atoms with Crippen LogP contribution < -0.4 is 5.73 Å². The number of halogens is 1. The third-order valence-electron chi connectivity index (χ3n) is 4.12. The van der Waals surface area contributed by atoms with E-state index in [1.54, 1.807) is 0 Å². The highest BCUT2D eigenvalue weighted by atomic mass is 35.5. The predicted molar refractivity (Wildman–Crippen MR) is 91.8 cm³/mol. The van der Waals surface area contributed by atoms with E-state index in [1.165, 1.54) is 10.9 Å². The van der Waals surface area contributed by atoms with Crippen molar-refractivity contribution in [2.45, 2.75) is 37.4 Å². The molecule has 3 rings (SSSR count). The Labute approximate surface area is 157 Å². The summed E-state index contributed by atoms with van der Waals surface area (Å²) in [5, 5.41) is 20.4. The molecule has 4 atom stereocenters. The molecule has 0 spiro atoms. The van der Waals surface area contributed by atoms with E-state index < -0.39 is 44.1 Å². The summed E-state index contributed by atoms with van der Waals surface area (Å²) < 4.78 is 17.8. The molecule has 0 bridgehead atoms. The highest BCUT2D eigenvalue weighted by molar-refractivity contribution is 7.52. The normalized spacial score (nSPS) is 26.0. The van der Waals surface area contributed by atoms with Gasteiger partial charge in [-0.2, -0.15) is 9.97 Å². The molecule has 1 aliphatic rings. The second-order valence-electron chi connectivity index (χ2n) is 6.15. The lowest BCUT2D eigenvalue weighted by atomic mass is 10.0. The summed E-state index contributed by atoms with van der Waals surface area (Å²) in [4.78, 5) is 41.1. The molecule has 27 heavy (non-hydrogen) atoms. The Morgan fingerprint density at radius 3 is 2.70 bits per heavy atom. The molecule has 2 unspecified atom stereocenters. The average Bonchev–Trinajstić information content (AvgIpc) is 3.07. The van der Waals surface area contributed by atoms with Crippen LogP contribution in [0.3, 0.4) is 0 Å². The van der Waals surface area contributed by atoms with Gasteiger partial charge in [-0.05, 0) is 18.0 Å². The molecule has 2 aromatic rings. The first kappa shape index (κ1) is 20.1. The first-order valence-electron chi connectivity index (χ1n) is 7.80. The number of aliphatic hydroxyl groups is 2. The summed E-state index contributed by atoms with van der Waals surface area (Å²) in [5.41, 5.74) is 6.16. The van der Waals surface area contributed by atoms with Crippen LogP contribution in [-0.4, -0.2) is 69.8 Å². The topological polar surface area (TPSA) is 194 Å². The van der Waals surface area contributed by atoms with Crippen LogP contribution in [0.25, 0.3) is 11.2 Å². The molecule has 1 fully saturated rings. The van der Waals surface area contributed by atoms with Crippen LogP contribution >= 0.6 is 19.2 Å². The van der Waals surface area contributed by atoms with Gasteiger partial charge in [0.15, 0.2) is 17.7 Å². The van der Waals surface area contributed by atoms with Gasteiger partial charge in [-0.3, -0.25) is 13.9 Å². The van der Waals surface area contributed by atoms with Crippen molar-refractivity contribution in [1.29, 1.82) is 0 Å². The van der Waals surface area contributed by atoms with Crippen LogP contribution in [0.4, 0.5) is 5.82 Å². The maximum absolute atomic E-state index is 11.6. The second-order valence-corrected chi connectivity index (χ2v) is 8.13. The van der Waals surface area contributed by atoms with Crippen molar-refractivity contribution in [3.63, 3.8) is 0 Å². The zero-order valence-corrected chi connectivity index (χ0v) is 15.4. The van der Waals surface area contributed by atoms with E-state index in [-0.39, 0.29) is 35.1 Å². The van der Waals surface area contributed by atoms with Gasteiger partial charge >= 0.3 is 7.60 Å². The van der Waals surface area contributed by atoms with Crippen molar-refractivity contribution in [3.05, 3.63) is 11.6 Å². The number of hydrogen-bond donors (Lipinski definition) is 5. The summed E-state index contributed by atoms with van der Waals surface area (Å²) in [7, 11) is -4.45. The zero-order chi connectivity index (χ0) is 19.9. The van der Waals surface area contributed by atoms with Crippen molar-refractivity contribution >= 4 is 42.0 Å². The molecule has 1 saturated heterocycles. The Hall–Kier alpha value is -1.66. The van der Waals surface area contributed by atoms with E-state index in [0.29, 0.717) is 0 Å². The molecule has 0 aliphatic carbocycles. The quantitative estimate of drug-likeness (QED) is 0.289. The number of nitrogens with zero attached hydrogens (tertiary/aromatic N) is 4. The maximum atomic E-state index is 11.6. The van der Waals surface area contributed by atoms with Crippen molar-refractivity contribution in [2.75, 3.05) is 11.9 Å². The van der Waals surface area contributed by atoms with E-state index in [9.17, 15) is 19.6 Å². The molecule has 2 aromatic heterocycles. The molecule has 1 aliphatic heterocycles. The van der Waals surface area contributed by atoms with Gasteiger partial charge in [0.1, 0.15) is 29.7 Å². The van der Waals surface area contributed by atoms with Crippen LogP contribution in [-0.2, 0) is 14.1 Å². The predicted octanol–water partition coefficient (Wildman–Crippen LogP) is -0.792. The van der Waals surface area contributed by atoms with Gasteiger partial charge < -0.3 is 30.5 Å². The van der Waals surface area contributed by atoms with Crippen LogP contribution in [0.2, 0.25) is 5.28 Å². The Bertz CT molecular complexity index is 918. The smallest absolute Gasteiger partial charge is 0.332 e. The molecule has 0 saturated carbocycles. The molecule has 0 amide bonds. The number of nitrogens with two attached hydrogens (primary N) is 1. The largest absolute Gasteiger partial charge is 0.388 e. The van der Waals surface area contributed by atoms with Crippen molar-refractivity contribution in [2.24, 2.45) is 0 Å². The Morgan fingerprint density at radius 2 is 2.04 bits per heavy atom. The fraction of sp³-hybridized carbons (Fsp3) is 0.538. The lowest BCUT2D eigenvalue weighted by Gasteiger charge is -2.16. The molecular weight excluding hydrogens is 405 g/mol. The average molecular weight is 422 g/mol. The third-order valence-corrected chi connectivity index (χ3v) is 5.06. The number of carbonyl (C=O) groups excluding carboxylic acids is 1. The number of Topliss-reactive ketones (excluding diaryl/α,β-unsaturated/α-hetero) is 1. The summed E-state index contributed by atoms with van der Waals surface area (Å²) in [5.74, 6) is -0.631. The highest BCUT2D eigenvalue weighted by Gasteiger charge is 2.44. The van der Waals surface area contributed by atoms with Gasteiger partial charge in [-0.25, -0.2) is 4.98 Å². The SMILES string of the molecule is Nc1nc(Cl)nc2c1ncn2[C@@H]1O[C@H](CCC(=O)CP(=O)(O)O)C(O)C1O. The molecule has 12 nitrogen and oxygen atoms in total. The molecule has 0 aromatic carbocycles. The van der Waals surface area contributed by atoms with Crippen molar-refractivity contribution in [1.82, 2.24) is 19.5 Å². The fourth-order valence-electron chi connectivity index (χ4n) is 2.91. The zero-order valence-electron chi connectivity index (χ0n) is 13.7. The molecule has 148 valence electrons. The van der Waals surface area contributed by atoms with Crippen molar-refractivity contribution in [3.8, 4) is 0 Å². The van der Waals surface area contributed by atoms with Crippen LogP contribution in [0.5, 0.6) is 0 Å². The fourth-order valence-corrected chi connectivity index (χ4v) is 3.70. The molecule has 14 heteroatoms. The second kappa shape index (κ2) is 7.40. The summed E-state index contributed by atoms with van der Waals surface area (Å²) in [6.07, 6.45) is -4.54. The van der Waals surface area contributed by atoms with Gasteiger partial charge in [0.05, 0.1) is 12.4 Å². The highest BCUT2D eigenvalue weighted by Crippen LogP contribution is 2.36. The first-order valence-corrected chi connectivity index (χ1v) is 9.98. The van der Waals surface area contributed by atoms with Gasteiger partial charge in [0.2, 0.25) is 5.28 Å². The number of anilines is 1. The Kier molecular flexibility index (Phi) is 5.50. The van der Waals surface area contributed by atoms with Crippen LogP contribution in [0.1, 0.15) is 19.1 Å². The molecule has 6 N–H and O–H groups in total. The van der Waals surface area contributed by atoms with E-state index in [1.807, 2.05) is 0 Å². The Morgan fingerprint density at radius 1 is 1.33 bits per heavy atom. The van der Waals surface area contributed by atoms with E-state index >= 15 is 0 Å². The summed E-state index contributed by atoms with van der Waals surface area (Å²) in [6.45, 7) is 0. The number of ether oxygens (including phenoxy) is 1. The Balaban J connectivity index is 1.76. The van der Waals surface area contributed by atoms with Gasteiger partial charge in [0.25, 0.3) is 0 Å². The van der Waals surface area contributed by atoms with Gasteiger partial charge in [-0.1, -0.05) is 0 Å². The number of ketones is 1. The van der Waals surface area contributed by atoms with Crippen LogP contribution in [0, 0.1) is 0 Å². The lowest BCUT2D eigenvalue weighted by molar-refractivity contribution is -0.118. The maximum Gasteiger partial charge on any atom is 0.332 e. The minimum atomic E-state index is -4.45. The number of aliphatic hydroxyl groups excluding tert-OH is 2. The standard InChI is InChI=1S/C13H17ClN5O7P/c14-13-17-10(15)7-11(18-13)19(4-16-7)12-9(22)8(21)6(26-12)2-1-5(20)3-27(23,24)25/h4,6,8-9,12,21-22H,1-3H2,(H2,15,17,18)(H2,23,24,25)/t6-,8?,9?,12-/m1/s1. The number of rotatable bonds is 6. The minimum absolute atomic E-state index is 0.0297. The minimum Gasteiger partial charge on any atom is -0.388 e. The first-order chi connectivity index (χ1) is 12.6. The molecule has 0 radical (unpaired) electrons. The molecule has 3 heterocycles. The number of aromatic nitrogens is 4. The van der Waals surface area contributed by atoms with E-state index in [0.717, 1.165) is 0 Å². The van der Waals surface area contributed by atoms with Crippen LogP contribution in [0.15, 0.2) is 6.33 Å². The number of fused-ring (bicyclic) bond motifs is 1. The lowest BCUT2D eigenvalue weighted by Crippen LogP contribution is -2.31. The van der Waals surface area contributed by atoms with Gasteiger partial charge in [0, 0.05) is 6.42 Å². The third kappa shape index (κ3) is 4.27. The monoisotopic (exact) mass is 421 g/mol. The molecular formula is C13H17ClN5O7P. The summed E-state index contributed by atoms with van der Waals surface area (Å²) >= 11 is 5.79. The number of nitrogen functional groups attached to an aromatic ring is 1. The van der Waals surface area contributed by atoms with Crippen molar-refractivity contribution < 1.29 is 34.1 Å². The van der Waals surface area contributed by atoms with E-state index in [4.69, 9.17) is 31.9 Å². The van der Waals surface area contributed by atoms with E-state index in [2.05, 4.69) is 15.0 Å². The summed E-state index contributed by atoms with van der Waals surface area (Å²) in [6, 6.07) is 0. The number of carbonyl (C=O) groups is 1.